The van der Waals surface area contributed by atoms with Gasteiger partial charge < -0.3 is 9.64 Å². The Balaban J connectivity index is 2.00. The van der Waals surface area contributed by atoms with Crippen molar-refractivity contribution in [3.63, 3.8) is 0 Å². The van der Waals surface area contributed by atoms with Crippen molar-refractivity contribution in [1.82, 2.24) is 4.90 Å². The molecule has 0 heterocycles. The van der Waals surface area contributed by atoms with E-state index in [4.69, 9.17) is 4.74 Å². The van der Waals surface area contributed by atoms with Gasteiger partial charge in [0.2, 0.25) is 0 Å². The van der Waals surface area contributed by atoms with E-state index in [1.54, 1.807) is 17.0 Å². The summed E-state index contributed by atoms with van der Waals surface area (Å²) in [4.78, 5) is 24.2. The van der Waals surface area contributed by atoms with Gasteiger partial charge in [0, 0.05) is 24.7 Å². The van der Waals surface area contributed by atoms with E-state index in [1.165, 1.54) is 12.1 Å². The van der Waals surface area contributed by atoms with Gasteiger partial charge >= 0.3 is 6.09 Å². The Hall–Kier alpha value is -2.89. The molecule has 0 unspecified atom stereocenters. The molecule has 0 spiro atoms. The molecule has 24 heavy (non-hydrogen) atoms. The Kier molecular flexibility index (Phi) is 5.89. The van der Waals surface area contributed by atoms with Crippen molar-refractivity contribution in [2.75, 3.05) is 0 Å². The number of nitro groups is 1. The molecule has 0 saturated carbocycles. The first kappa shape index (κ1) is 17.5. The summed E-state index contributed by atoms with van der Waals surface area (Å²) < 4.78 is 5.36. The second-order valence-electron chi connectivity index (χ2n) is 5.69. The molecule has 6 heteroatoms. The topological polar surface area (TPSA) is 72.7 Å². The molecule has 2 rings (SSSR count). The minimum atomic E-state index is -0.446. The molecule has 0 bridgehead atoms. The van der Waals surface area contributed by atoms with Crippen molar-refractivity contribution in [3.05, 3.63) is 75.8 Å². The van der Waals surface area contributed by atoms with Gasteiger partial charge in [0.05, 0.1) is 4.92 Å². The van der Waals surface area contributed by atoms with Gasteiger partial charge in [-0.1, -0.05) is 42.5 Å². The first-order valence-corrected chi connectivity index (χ1v) is 7.68. The molecule has 0 aliphatic rings. The monoisotopic (exact) mass is 328 g/mol. The SMILES string of the molecule is CC(C)N(Cc1ccc([N+](=O)[O-])cc1)C(=O)OCc1ccccc1. The lowest BCUT2D eigenvalue weighted by Crippen LogP contribution is -2.36. The van der Waals surface area contributed by atoms with Crippen molar-refractivity contribution in [2.45, 2.75) is 33.0 Å². The highest BCUT2D eigenvalue weighted by molar-refractivity contribution is 5.68. The molecule has 0 N–H and O–H groups in total. The van der Waals surface area contributed by atoms with Gasteiger partial charge in [0.1, 0.15) is 6.61 Å². The molecule has 0 radical (unpaired) electrons. The van der Waals surface area contributed by atoms with Crippen molar-refractivity contribution < 1.29 is 14.5 Å². The van der Waals surface area contributed by atoms with E-state index in [0.717, 1.165) is 11.1 Å². The highest BCUT2D eigenvalue weighted by Crippen LogP contribution is 2.16. The average molecular weight is 328 g/mol. The first-order valence-electron chi connectivity index (χ1n) is 7.68. The van der Waals surface area contributed by atoms with Crippen molar-refractivity contribution in [2.24, 2.45) is 0 Å². The van der Waals surface area contributed by atoms with Crippen molar-refractivity contribution >= 4 is 11.8 Å². The number of non-ortho nitro benzene ring substituents is 1. The molecule has 2 aromatic rings. The normalized spacial score (nSPS) is 10.5. The quantitative estimate of drug-likeness (QED) is 0.590. The third-order valence-corrected chi connectivity index (χ3v) is 3.56. The molecule has 1 amide bonds. The number of benzene rings is 2. The molecule has 0 aliphatic heterocycles. The van der Waals surface area contributed by atoms with Crippen LogP contribution in [0.4, 0.5) is 10.5 Å². The number of carbonyl (C=O) groups is 1. The van der Waals surface area contributed by atoms with E-state index < -0.39 is 11.0 Å². The van der Waals surface area contributed by atoms with Gasteiger partial charge in [0.15, 0.2) is 0 Å². The summed E-state index contributed by atoms with van der Waals surface area (Å²) in [5.74, 6) is 0. The van der Waals surface area contributed by atoms with E-state index >= 15 is 0 Å². The zero-order valence-electron chi connectivity index (χ0n) is 13.7. The summed E-state index contributed by atoms with van der Waals surface area (Å²) in [6, 6.07) is 15.6. The Bertz CT molecular complexity index is 684. The minimum absolute atomic E-state index is 0.0292. The fourth-order valence-electron chi connectivity index (χ4n) is 2.18. The van der Waals surface area contributed by atoms with Crippen LogP contribution in [0.1, 0.15) is 25.0 Å². The fourth-order valence-corrected chi connectivity index (χ4v) is 2.18. The molecular formula is C18H20N2O4. The maximum Gasteiger partial charge on any atom is 0.410 e. The van der Waals surface area contributed by atoms with Gasteiger partial charge in [-0.15, -0.1) is 0 Å². The van der Waals surface area contributed by atoms with Gasteiger partial charge in [-0.05, 0) is 25.0 Å². The van der Waals surface area contributed by atoms with Gasteiger partial charge in [-0.3, -0.25) is 10.1 Å². The molecular weight excluding hydrogens is 308 g/mol. The third kappa shape index (κ3) is 4.81. The number of carbonyl (C=O) groups excluding carboxylic acids is 1. The Morgan fingerprint density at radius 2 is 1.71 bits per heavy atom. The van der Waals surface area contributed by atoms with E-state index in [-0.39, 0.29) is 18.3 Å². The lowest BCUT2D eigenvalue weighted by Gasteiger charge is -2.26. The highest BCUT2D eigenvalue weighted by atomic mass is 16.6. The van der Waals surface area contributed by atoms with Crippen molar-refractivity contribution in [3.8, 4) is 0 Å². The number of hydrogen-bond acceptors (Lipinski definition) is 4. The fraction of sp³-hybridized carbons (Fsp3) is 0.278. The van der Waals surface area contributed by atoms with Crippen LogP contribution in [-0.2, 0) is 17.9 Å². The molecule has 0 fully saturated rings. The van der Waals surface area contributed by atoms with Crippen LogP contribution in [0, 0.1) is 10.1 Å². The Morgan fingerprint density at radius 1 is 1.08 bits per heavy atom. The van der Waals surface area contributed by atoms with Crippen LogP contribution < -0.4 is 0 Å². The Labute approximate surface area is 140 Å². The van der Waals surface area contributed by atoms with E-state index in [9.17, 15) is 14.9 Å². The number of nitrogens with zero attached hydrogens (tertiary/aromatic N) is 2. The maximum atomic E-state index is 12.3. The number of hydrogen-bond donors (Lipinski definition) is 0. The van der Waals surface area contributed by atoms with Crippen molar-refractivity contribution in [1.29, 1.82) is 0 Å². The number of nitro benzene ring substituents is 1. The summed E-state index contributed by atoms with van der Waals surface area (Å²) >= 11 is 0. The summed E-state index contributed by atoms with van der Waals surface area (Å²) in [6.45, 7) is 4.34. The predicted molar refractivity (Wildman–Crippen MR) is 90.4 cm³/mol. The van der Waals surface area contributed by atoms with Crippen LogP contribution in [0.25, 0.3) is 0 Å². The second-order valence-corrected chi connectivity index (χ2v) is 5.69. The number of ether oxygens (including phenoxy) is 1. The van der Waals surface area contributed by atoms with Crippen LogP contribution in [0.15, 0.2) is 54.6 Å². The van der Waals surface area contributed by atoms with Crippen LogP contribution in [0.5, 0.6) is 0 Å². The molecule has 0 saturated heterocycles. The summed E-state index contributed by atoms with van der Waals surface area (Å²) in [5, 5.41) is 10.7. The minimum Gasteiger partial charge on any atom is -0.445 e. The second kappa shape index (κ2) is 8.10. The predicted octanol–water partition coefficient (Wildman–Crippen LogP) is 4.14. The molecule has 0 aliphatic carbocycles. The van der Waals surface area contributed by atoms with Crippen LogP contribution in [0.3, 0.4) is 0 Å². The number of rotatable bonds is 6. The Morgan fingerprint density at radius 3 is 2.25 bits per heavy atom. The maximum absolute atomic E-state index is 12.3. The lowest BCUT2D eigenvalue weighted by atomic mass is 10.2. The van der Waals surface area contributed by atoms with Gasteiger partial charge in [-0.25, -0.2) is 4.79 Å². The van der Waals surface area contributed by atoms with E-state index in [2.05, 4.69) is 0 Å². The standard InChI is InChI=1S/C18H20N2O4/c1-14(2)19(12-15-8-10-17(11-9-15)20(22)23)18(21)24-13-16-6-4-3-5-7-16/h3-11,14H,12-13H2,1-2H3. The summed E-state index contributed by atoms with van der Waals surface area (Å²) in [6.07, 6.45) is -0.410. The van der Waals surface area contributed by atoms with Crippen LogP contribution in [-0.4, -0.2) is 22.0 Å². The van der Waals surface area contributed by atoms with E-state index in [1.807, 2.05) is 44.2 Å². The molecule has 2 aromatic carbocycles. The largest absolute Gasteiger partial charge is 0.445 e. The summed E-state index contributed by atoms with van der Waals surface area (Å²) in [5.41, 5.74) is 1.76. The smallest absolute Gasteiger partial charge is 0.410 e. The molecule has 0 atom stereocenters. The lowest BCUT2D eigenvalue weighted by molar-refractivity contribution is -0.384. The molecule has 6 nitrogen and oxygen atoms in total. The summed E-state index contributed by atoms with van der Waals surface area (Å²) in [7, 11) is 0. The average Bonchev–Trinajstić information content (AvgIpc) is 2.58. The van der Waals surface area contributed by atoms with Crippen LogP contribution in [0.2, 0.25) is 0 Å². The number of amides is 1. The zero-order valence-corrected chi connectivity index (χ0v) is 13.7. The third-order valence-electron chi connectivity index (χ3n) is 3.56. The zero-order chi connectivity index (χ0) is 17.5. The first-order chi connectivity index (χ1) is 11.5. The molecule has 0 aromatic heterocycles. The van der Waals surface area contributed by atoms with Gasteiger partial charge in [0.25, 0.3) is 5.69 Å². The molecule has 126 valence electrons. The van der Waals surface area contributed by atoms with Gasteiger partial charge in [-0.2, -0.15) is 0 Å². The highest BCUT2D eigenvalue weighted by Gasteiger charge is 2.19. The van der Waals surface area contributed by atoms with Crippen LogP contribution >= 0.6 is 0 Å². The van der Waals surface area contributed by atoms with E-state index in [0.29, 0.717) is 6.54 Å².